The molecule has 0 saturated carbocycles. The van der Waals surface area contributed by atoms with E-state index in [4.69, 9.17) is 0 Å². The maximum Gasteiger partial charge on any atom is 0.195 e. The van der Waals surface area contributed by atoms with E-state index in [1.807, 2.05) is 50.2 Å². The van der Waals surface area contributed by atoms with Gasteiger partial charge >= 0.3 is 0 Å². The fourth-order valence-corrected chi connectivity index (χ4v) is 2.73. The Balaban J connectivity index is 2.15. The molecule has 0 aliphatic heterocycles. The monoisotopic (exact) mass is 327 g/mol. The van der Waals surface area contributed by atoms with E-state index >= 15 is 0 Å². The van der Waals surface area contributed by atoms with Crippen molar-refractivity contribution in [3.05, 3.63) is 69.3 Å². The van der Waals surface area contributed by atoms with E-state index in [9.17, 15) is 4.79 Å². The molecule has 0 spiro atoms. The summed E-state index contributed by atoms with van der Waals surface area (Å²) in [6.45, 7) is 4.02. The van der Waals surface area contributed by atoms with Crippen molar-refractivity contribution in [2.45, 2.75) is 13.8 Å². The van der Waals surface area contributed by atoms with Gasteiger partial charge in [0.1, 0.15) is 0 Å². The molecule has 3 aromatic rings. The third-order valence-corrected chi connectivity index (χ3v) is 4.47. The second-order valence-electron chi connectivity index (χ2n) is 4.99. The summed E-state index contributed by atoms with van der Waals surface area (Å²) in [4.78, 5) is 15.9. The second-order valence-corrected chi connectivity index (χ2v) is 5.85. The smallest absolute Gasteiger partial charge is 0.195 e. The molecule has 20 heavy (non-hydrogen) atoms. The summed E-state index contributed by atoms with van der Waals surface area (Å²) in [5, 5.41) is 1.01. The molecule has 2 aromatic carbocycles. The van der Waals surface area contributed by atoms with Crippen LogP contribution in [-0.2, 0) is 0 Å². The summed E-state index contributed by atoms with van der Waals surface area (Å²) >= 11 is 3.46. The first-order valence-electron chi connectivity index (χ1n) is 6.45. The maximum atomic E-state index is 12.7. The molecule has 0 bridgehead atoms. The first-order chi connectivity index (χ1) is 9.58. The number of ketones is 1. The van der Waals surface area contributed by atoms with Crippen molar-refractivity contribution in [1.82, 2.24) is 4.98 Å². The molecule has 0 fully saturated rings. The first-order valence-corrected chi connectivity index (χ1v) is 7.25. The van der Waals surface area contributed by atoms with Crippen molar-refractivity contribution in [3.8, 4) is 0 Å². The lowest BCUT2D eigenvalue weighted by Gasteiger charge is -2.04. The largest absolute Gasteiger partial charge is 0.360 e. The minimum Gasteiger partial charge on any atom is -0.360 e. The summed E-state index contributed by atoms with van der Waals surface area (Å²) in [6.07, 6.45) is 1.80. The number of fused-ring (bicyclic) bond motifs is 1. The number of hydrogen-bond donors (Lipinski definition) is 1. The number of aromatic amines is 1. The van der Waals surface area contributed by atoms with E-state index in [-0.39, 0.29) is 5.78 Å². The zero-order chi connectivity index (χ0) is 14.3. The van der Waals surface area contributed by atoms with E-state index in [0.29, 0.717) is 0 Å². The highest BCUT2D eigenvalue weighted by atomic mass is 79.9. The zero-order valence-electron chi connectivity index (χ0n) is 11.3. The number of benzene rings is 2. The Morgan fingerprint density at radius 3 is 2.65 bits per heavy atom. The predicted octanol–water partition coefficient (Wildman–Crippen LogP) is 4.78. The van der Waals surface area contributed by atoms with Gasteiger partial charge in [-0.2, -0.15) is 0 Å². The fraction of sp³-hybridized carbons (Fsp3) is 0.118. The average molecular weight is 328 g/mol. The lowest BCUT2D eigenvalue weighted by Crippen LogP contribution is -2.01. The van der Waals surface area contributed by atoms with Crippen LogP contribution in [0.2, 0.25) is 0 Å². The molecule has 0 radical (unpaired) electrons. The highest BCUT2D eigenvalue weighted by molar-refractivity contribution is 9.10. The molecule has 0 saturated heterocycles. The fourth-order valence-electron chi connectivity index (χ4n) is 2.49. The Morgan fingerprint density at radius 1 is 1.10 bits per heavy atom. The molecule has 1 aromatic heterocycles. The highest BCUT2D eigenvalue weighted by Gasteiger charge is 2.15. The summed E-state index contributed by atoms with van der Waals surface area (Å²) in [5.74, 6) is 0.0566. The van der Waals surface area contributed by atoms with Crippen LogP contribution >= 0.6 is 15.9 Å². The summed E-state index contributed by atoms with van der Waals surface area (Å²) in [6, 6.07) is 11.7. The molecule has 100 valence electrons. The Morgan fingerprint density at radius 2 is 1.90 bits per heavy atom. The number of halogens is 1. The number of nitrogens with one attached hydrogen (secondary N) is 1. The van der Waals surface area contributed by atoms with Crippen LogP contribution in [0.1, 0.15) is 27.0 Å². The predicted molar refractivity (Wildman–Crippen MR) is 85.3 cm³/mol. The molecular weight excluding hydrogens is 314 g/mol. The highest BCUT2D eigenvalue weighted by Crippen LogP contribution is 2.25. The van der Waals surface area contributed by atoms with E-state index in [2.05, 4.69) is 20.9 Å². The van der Waals surface area contributed by atoms with Crippen LogP contribution in [0.5, 0.6) is 0 Å². The van der Waals surface area contributed by atoms with E-state index in [1.54, 1.807) is 6.20 Å². The number of hydrogen-bond acceptors (Lipinski definition) is 1. The van der Waals surface area contributed by atoms with Gasteiger partial charge in [0.05, 0.1) is 0 Å². The molecular formula is C17H14BrNO. The van der Waals surface area contributed by atoms with Crippen LogP contribution < -0.4 is 0 Å². The quantitative estimate of drug-likeness (QED) is 0.675. The van der Waals surface area contributed by atoms with Crippen LogP contribution in [0.15, 0.2) is 47.1 Å². The number of carbonyl (C=O) groups excluding carboxylic acids is 1. The molecule has 1 heterocycles. The van der Waals surface area contributed by atoms with Crippen LogP contribution in [0.3, 0.4) is 0 Å². The van der Waals surface area contributed by atoms with Gasteiger partial charge in [-0.05, 0) is 49.2 Å². The maximum absolute atomic E-state index is 12.7. The lowest BCUT2D eigenvalue weighted by atomic mass is 9.99. The third-order valence-electron chi connectivity index (χ3n) is 3.58. The molecule has 0 unspecified atom stereocenters. The normalized spacial score (nSPS) is 10.9. The Bertz CT molecular complexity index is 817. The molecule has 0 aliphatic carbocycles. The van der Waals surface area contributed by atoms with Gasteiger partial charge in [-0.25, -0.2) is 0 Å². The molecule has 0 aliphatic rings. The molecule has 0 atom stereocenters. The van der Waals surface area contributed by atoms with Crippen LogP contribution in [0.4, 0.5) is 0 Å². The Kier molecular flexibility index (Phi) is 3.22. The van der Waals surface area contributed by atoms with Gasteiger partial charge in [-0.3, -0.25) is 4.79 Å². The minimum absolute atomic E-state index is 0.0566. The summed E-state index contributed by atoms with van der Waals surface area (Å²) in [5.41, 5.74) is 4.63. The first kappa shape index (κ1) is 13.1. The second kappa shape index (κ2) is 4.91. The van der Waals surface area contributed by atoms with Crippen LogP contribution in [-0.4, -0.2) is 10.8 Å². The molecule has 0 amide bonds. The van der Waals surface area contributed by atoms with Crippen molar-refractivity contribution < 1.29 is 4.79 Å². The zero-order valence-corrected chi connectivity index (χ0v) is 12.9. The van der Waals surface area contributed by atoms with E-state index in [1.165, 1.54) is 0 Å². The van der Waals surface area contributed by atoms with Crippen molar-refractivity contribution in [2.24, 2.45) is 0 Å². The van der Waals surface area contributed by atoms with Crippen LogP contribution in [0.25, 0.3) is 10.9 Å². The molecule has 1 N–H and O–H groups in total. The average Bonchev–Trinajstić information content (AvgIpc) is 2.86. The standard InChI is InChI=1S/C17H14BrNO/c1-10-4-3-5-15-16(10)13(9-19-15)17(20)12-6-7-14(18)11(2)8-12/h3-9,19H,1-2H3. The van der Waals surface area contributed by atoms with Crippen molar-refractivity contribution in [1.29, 1.82) is 0 Å². The number of carbonyl (C=O) groups is 1. The van der Waals surface area contributed by atoms with Gasteiger partial charge in [-0.1, -0.05) is 28.1 Å². The van der Waals surface area contributed by atoms with Gasteiger partial charge in [-0.15, -0.1) is 0 Å². The number of rotatable bonds is 2. The minimum atomic E-state index is 0.0566. The Labute approximate surface area is 126 Å². The molecule has 2 nitrogen and oxygen atoms in total. The van der Waals surface area contributed by atoms with Crippen molar-refractivity contribution in [2.75, 3.05) is 0 Å². The van der Waals surface area contributed by atoms with E-state index in [0.717, 1.165) is 37.6 Å². The number of H-pyrrole nitrogens is 1. The van der Waals surface area contributed by atoms with Crippen molar-refractivity contribution in [3.63, 3.8) is 0 Å². The van der Waals surface area contributed by atoms with E-state index < -0.39 is 0 Å². The topological polar surface area (TPSA) is 32.9 Å². The SMILES string of the molecule is Cc1cc(C(=O)c2c[nH]c3cccc(C)c23)ccc1Br. The van der Waals surface area contributed by atoms with Crippen LogP contribution in [0, 0.1) is 13.8 Å². The van der Waals surface area contributed by atoms with Gasteiger partial charge in [0.2, 0.25) is 0 Å². The summed E-state index contributed by atoms with van der Waals surface area (Å²) in [7, 11) is 0. The Hall–Kier alpha value is -1.87. The van der Waals surface area contributed by atoms with Crippen molar-refractivity contribution >= 4 is 32.6 Å². The molecule has 3 heteroatoms. The molecule has 3 rings (SSSR count). The van der Waals surface area contributed by atoms with Gasteiger partial charge in [0.25, 0.3) is 0 Å². The van der Waals surface area contributed by atoms with Gasteiger partial charge in [0, 0.05) is 32.7 Å². The van der Waals surface area contributed by atoms with Gasteiger partial charge < -0.3 is 4.98 Å². The lowest BCUT2D eigenvalue weighted by molar-refractivity contribution is 0.104. The number of aromatic nitrogens is 1. The number of aryl methyl sites for hydroxylation is 2. The summed E-state index contributed by atoms with van der Waals surface area (Å²) < 4.78 is 1.02. The third kappa shape index (κ3) is 2.08. The van der Waals surface area contributed by atoms with Gasteiger partial charge in [0.15, 0.2) is 5.78 Å².